The minimum atomic E-state index is -0.405. The fourth-order valence-corrected chi connectivity index (χ4v) is 3.44. The van der Waals surface area contributed by atoms with E-state index < -0.39 is 5.91 Å². The second-order valence-electron chi connectivity index (χ2n) is 5.74. The number of carbonyl (C=O) groups excluding carboxylic acids is 3. The van der Waals surface area contributed by atoms with Crippen LogP contribution >= 0.6 is 11.8 Å². The second-order valence-corrected chi connectivity index (χ2v) is 6.73. The van der Waals surface area contributed by atoms with Crippen LogP contribution in [0.4, 0.5) is 9.18 Å². The highest BCUT2D eigenvalue weighted by molar-refractivity contribution is 8.18. The molecule has 0 saturated carbocycles. The van der Waals surface area contributed by atoms with E-state index >= 15 is 0 Å². The lowest BCUT2D eigenvalue weighted by Gasteiger charge is -2.14. The third-order valence-corrected chi connectivity index (χ3v) is 4.88. The third kappa shape index (κ3) is 4.26. The Labute approximate surface area is 148 Å². The molecular weight excluding hydrogens is 347 g/mol. The van der Waals surface area contributed by atoms with Crippen molar-refractivity contribution < 1.29 is 23.5 Å². The molecule has 0 aromatic heterocycles. The van der Waals surface area contributed by atoms with Gasteiger partial charge in [-0.05, 0) is 42.0 Å². The molecule has 2 aliphatic rings. The number of ether oxygens (including phenoxy) is 1. The van der Waals surface area contributed by atoms with E-state index in [2.05, 4.69) is 5.32 Å². The summed E-state index contributed by atoms with van der Waals surface area (Å²) in [6.07, 6.45) is 2.24. The fraction of sp³-hybridized carbons (Fsp3) is 0.353. The number of imide groups is 1. The van der Waals surface area contributed by atoms with E-state index in [0.717, 1.165) is 16.7 Å². The summed E-state index contributed by atoms with van der Waals surface area (Å²) in [4.78, 5) is 37.6. The maximum absolute atomic E-state index is 12.9. The molecule has 2 aliphatic heterocycles. The van der Waals surface area contributed by atoms with E-state index in [9.17, 15) is 18.8 Å². The zero-order valence-electron chi connectivity index (χ0n) is 13.4. The fourth-order valence-electron chi connectivity index (χ4n) is 2.58. The molecule has 1 unspecified atom stereocenters. The van der Waals surface area contributed by atoms with E-state index in [0.29, 0.717) is 25.2 Å². The zero-order chi connectivity index (χ0) is 17.8. The lowest BCUT2D eigenvalue weighted by Crippen LogP contribution is -2.39. The van der Waals surface area contributed by atoms with Gasteiger partial charge in [-0.1, -0.05) is 12.1 Å². The van der Waals surface area contributed by atoms with Crippen molar-refractivity contribution in [2.24, 2.45) is 5.92 Å². The number of carbonyl (C=O) groups is 3. The van der Waals surface area contributed by atoms with Crippen LogP contribution in [-0.2, 0) is 14.3 Å². The number of amides is 3. The summed E-state index contributed by atoms with van der Waals surface area (Å²) in [5.74, 6) is -1.05. The van der Waals surface area contributed by atoms with Crippen molar-refractivity contribution >= 4 is 34.9 Å². The van der Waals surface area contributed by atoms with Crippen molar-refractivity contribution in [3.05, 3.63) is 40.6 Å². The quantitative estimate of drug-likeness (QED) is 0.809. The average Bonchev–Trinajstić information content (AvgIpc) is 3.21. The molecule has 3 rings (SSSR count). The van der Waals surface area contributed by atoms with Crippen molar-refractivity contribution in [1.29, 1.82) is 0 Å². The summed E-state index contributed by atoms with van der Waals surface area (Å²) in [5.41, 5.74) is 0.640. The maximum Gasteiger partial charge on any atom is 0.293 e. The number of benzene rings is 1. The Morgan fingerprint density at radius 3 is 2.80 bits per heavy atom. The molecule has 132 valence electrons. The molecule has 0 radical (unpaired) electrons. The summed E-state index contributed by atoms with van der Waals surface area (Å²) in [6.45, 7) is 1.31. The summed E-state index contributed by atoms with van der Waals surface area (Å²) < 4.78 is 18.1. The maximum atomic E-state index is 12.9. The number of rotatable bonds is 5. The van der Waals surface area contributed by atoms with Crippen LogP contribution in [-0.4, -0.2) is 48.3 Å². The number of halogens is 1. The topological polar surface area (TPSA) is 75.7 Å². The number of thioether (sulfide) groups is 1. The SMILES string of the molecule is O=C(NCCN1C(=O)S/C(=C\c2ccc(F)cc2)C1=O)C1CCOC1. The van der Waals surface area contributed by atoms with Crippen LogP contribution in [0.1, 0.15) is 12.0 Å². The molecular formula is C17H17FN2O4S. The third-order valence-electron chi connectivity index (χ3n) is 3.98. The monoisotopic (exact) mass is 364 g/mol. The van der Waals surface area contributed by atoms with E-state index in [1.807, 2.05) is 0 Å². The van der Waals surface area contributed by atoms with E-state index in [4.69, 9.17) is 4.74 Å². The first-order valence-electron chi connectivity index (χ1n) is 7.91. The molecule has 0 spiro atoms. The van der Waals surface area contributed by atoms with Crippen LogP contribution in [0.25, 0.3) is 6.08 Å². The molecule has 0 aliphatic carbocycles. The van der Waals surface area contributed by atoms with Crippen molar-refractivity contribution in [2.45, 2.75) is 6.42 Å². The Kier molecular flexibility index (Phi) is 5.50. The van der Waals surface area contributed by atoms with Gasteiger partial charge >= 0.3 is 0 Å². The highest BCUT2D eigenvalue weighted by atomic mass is 32.2. The first kappa shape index (κ1) is 17.6. The molecule has 3 amide bonds. The number of nitrogens with one attached hydrogen (secondary N) is 1. The first-order chi connectivity index (χ1) is 12.0. The first-order valence-corrected chi connectivity index (χ1v) is 8.72. The van der Waals surface area contributed by atoms with Gasteiger partial charge < -0.3 is 10.1 Å². The minimum Gasteiger partial charge on any atom is -0.381 e. The average molecular weight is 364 g/mol. The molecule has 25 heavy (non-hydrogen) atoms. The second kappa shape index (κ2) is 7.79. The lowest BCUT2D eigenvalue weighted by molar-refractivity contribution is -0.126. The summed E-state index contributed by atoms with van der Waals surface area (Å²) in [7, 11) is 0. The van der Waals surface area contributed by atoms with Gasteiger partial charge in [0.15, 0.2) is 0 Å². The lowest BCUT2D eigenvalue weighted by atomic mass is 10.1. The van der Waals surface area contributed by atoms with Crippen LogP contribution in [0.3, 0.4) is 0 Å². The smallest absolute Gasteiger partial charge is 0.293 e. The van der Waals surface area contributed by atoms with Crippen LogP contribution in [0, 0.1) is 11.7 Å². The Hall–Kier alpha value is -2.19. The zero-order valence-corrected chi connectivity index (χ0v) is 14.2. The highest BCUT2D eigenvalue weighted by Gasteiger charge is 2.34. The van der Waals surface area contributed by atoms with Gasteiger partial charge in [0.2, 0.25) is 5.91 Å². The van der Waals surface area contributed by atoms with Crippen molar-refractivity contribution in [1.82, 2.24) is 10.2 Å². The van der Waals surface area contributed by atoms with Crippen LogP contribution in [0.5, 0.6) is 0 Å². The Morgan fingerprint density at radius 2 is 2.12 bits per heavy atom. The Morgan fingerprint density at radius 1 is 1.36 bits per heavy atom. The molecule has 2 saturated heterocycles. The number of nitrogens with zero attached hydrogens (tertiary/aromatic N) is 1. The summed E-state index contributed by atoms with van der Waals surface area (Å²) >= 11 is 0.837. The predicted molar refractivity (Wildman–Crippen MR) is 91.0 cm³/mol. The van der Waals surface area contributed by atoms with Crippen LogP contribution < -0.4 is 5.32 Å². The van der Waals surface area contributed by atoms with Gasteiger partial charge in [0.1, 0.15) is 5.82 Å². The Bertz CT molecular complexity index is 714. The van der Waals surface area contributed by atoms with Crippen molar-refractivity contribution in [2.75, 3.05) is 26.3 Å². The van der Waals surface area contributed by atoms with Gasteiger partial charge in [0, 0.05) is 19.7 Å². The summed E-state index contributed by atoms with van der Waals surface area (Å²) in [5, 5.41) is 2.35. The molecule has 1 aromatic rings. The van der Waals surface area contributed by atoms with E-state index in [-0.39, 0.29) is 40.9 Å². The standard InChI is InChI=1S/C17H17FN2O4S/c18-13-3-1-11(2-4-13)9-14-16(22)20(17(23)25-14)7-6-19-15(21)12-5-8-24-10-12/h1-4,9,12H,5-8,10H2,(H,19,21)/b14-9-. The van der Waals surface area contributed by atoms with Crippen molar-refractivity contribution in [3.8, 4) is 0 Å². The van der Waals surface area contributed by atoms with Crippen molar-refractivity contribution in [3.63, 3.8) is 0 Å². The van der Waals surface area contributed by atoms with Gasteiger partial charge in [-0.3, -0.25) is 19.3 Å². The van der Waals surface area contributed by atoms with Gasteiger partial charge in [0.05, 0.1) is 17.4 Å². The summed E-state index contributed by atoms with van der Waals surface area (Å²) in [6, 6.07) is 5.65. The van der Waals surface area contributed by atoms with Gasteiger partial charge in [-0.25, -0.2) is 4.39 Å². The number of hydrogen-bond donors (Lipinski definition) is 1. The normalized spacial score (nSPS) is 22.0. The molecule has 1 aromatic carbocycles. The van der Waals surface area contributed by atoms with Gasteiger partial charge in [-0.15, -0.1) is 0 Å². The van der Waals surface area contributed by atoms with Crippen LogP contribution in [0.15, 0.2) is 29.2 Å². The minimum absolute atomic E-state index is 0.116. The molecule has 2 heterocycles. The van der Waals surface area contributed by atoms with Gasteiger partial charge in [-0.2, -0.15) is 0 Å². The molecule has 0 bridgehead atoms. The predicted octanol–water partition coefficient (Wildman–Crippen LogP) is 2.01. The van der Waals surface area contributed by atoms with Crippen LogP contribution in [0.2, 0.25) is 0 Å². The number of hydrogen-bond acceptors (Lipinski definition) is 5. The highest BCUT2D eigenvalue weighted by Crippen LogP contribution is 2.31. The molecule has 8 heteroatoms. The van der Waals surface area contributed by atoms with E-state index in [1.165, 1.54) is 24.3 Å². The van der Waals surface area contributed by atoms with E-state index in [1.54, 1.807) is 6.08 Å². The largest absolute Gasteiger partial charge is 0.381 e. The van der Waals surface area contributed by atoms with Gasteiger partial charge in [0.25, 0.3) is 11.1 Å². The molecule has 2 fully saturated rings. The molecule has 6 nitrogen and oxygen atoms in total. The molecule has 1 atom stereocenters. The Balaban J connectivity index is 1.55. The molecule has 1 N–H and O–H groups in total.